The lowest BCUT2D eigenvalue weighted by Crippen LogP contribution is -2.12. The molecule has 1 amide bonds. The SMILES string of the molecule is NC(=O)c1cc(N)n(-c2c(Cl)cc(Cl)cc2Cl)n1. The fraction of sp³-hybridized carbons (Fsp3) is 0. The molecule has 2 aromatic rings. The normalized spacial score (nSPS) is 10.6. The van der Waals surface area contributed by atoms with Crippen LogP contribution in [0.3, 0.4) is 0 Å². The number of hydrogen-bond donors (Lipinski definition) is 2. The predicted molar refractivity (Wildman–Crippen MR) is 71.5 cm³/mol. The monoisotopic (exact) mass is 304 g/mol. The Balaban J connectivity index is 2.66. The molecule has 1 aromatic carbocycles. The van der Waals surface area contributed by atoms with Crippen LogP contribution < -0.4 is 11.5 Å². The van der Waals surface area contributed by atoms with Crippen molar-refractivity contribution in [3.05, 3.63) is 39.0 Å². The lowest BCUT2D eigenvalue weighted by atomic mass is 10.3. The number of carbonyl (C=O) groups excluding carboxylic acids is 1. The van der Waals surface area contributed by atoms with Crippen LogP contribution in [0.5, 0.6) is 0 Å². The van der Waals surface area contributed by atoms with E-state index in [2.05, 4.69) is 5.10 Å². The highest BCUT2D eigenvalue weighted by atomic mass is 35.5. The van der Waals surface area contributed by atoms with E-state index >= 15 is 0 Å². The molecular weight excluding hydrogens is 298 g/mol. The van der Waals surface area contributed by atoms with Gasteiger partial charge in [-0.1, -0.05) is 34.8 Å². The summed E-state index contributed by atoms with van der Waals surface area (Å²) in [5.74, 6) is -0.503. The second-order valence-electron chi connectivity index (χ2n) is 3.45. The fourth-order valence-electron chi connectivity index (χ4n) is 1.43. The van der Waals surface area contributed by atoms with E-state index in [1.807, 2.05) is 0 Å². The molecule has 1 heterocycles. The molecule has 0 saturated carbocycles. The number of rotatable bonds is 2. The van der Waals surface area contributed by atoms with E-state index in [9.17, 15) is 4.79 Å². The molecule has 0 bridgehead atoms. The summed E-state index contributed by atoms with van der Waals surface area (Å²) in [6, 6.07) is 4.33. The van der Waals surface area contributed by atoms with Crippen molar-refractivity contribution in [2.45, 2.75) is 0 Å². The molecule has 0 fully saturated rings. The Bertz CT molecular complexity index is 615. The zero-order chi connectivity index (χ0) is 13.4. The van der Waals surface area contributed by atoms with Crippen LogP contribution in [0.25, 0.3) is 5.69 Å². The number of primary amides is 1. The van der Waals surface area contributed by atoms with Gasteiger partial charge in [-0.2, -0.15) is 5.10 Å². The molecule has 94 valence electrons. The molecule has 0 aliphatic heterocycles. The van der Waals surface area contributed by atoms with E-state index in [0.29, 0.717) is 10.7 Å². The summed E-state index contributed by atoms with van der Waals surface area (Å²) >= 11 is 17.9. The molecule has 4 N–H and O–H groups in total. The van der Waals surface area contributed by atoms with E-state index < -0.39 is 5.91 Å². The minimum absolute atomic E-state index is 0.0228. The highest BCUT2D eigenvalue weighted by Crippen LogP contribution is 2.33. The van der Waals surface area contributed by atoms with Gasteiger partial charge < -0.3 is 11.5 Å². The first-order valence-corrected chi connectivity index (χ1v) is 5.84. The lowest BCUT2D eigenvalue weighted by Gasteiger charge is -2.09. The van der Waals surface area contributed by atoms with Crippen molar-refractivity contribution in [3.8, 4) is 5.69 Å². The van der Waals surface area contributed by atoms with E-state index in [-0.39, 0.29) is 21.6 Å². The summed E-state index contributed by atoms with van der Waals surface area (Å²) in [6.45, 7) is 0. The third-order valence-electron chi connectivity index (χ3n) is 2.18. The molecule has 0 radical (unpaired) electrons. The minimum atomic E-state index is -0.693. The summed E-state index contributed by atoms with van der Waals surface area (Å²) in [5, 5.41) is 4.84. The summed E-state index contributed by atoms with van der Waals surface area (Å²) in [7, 11) is 0. The van der Waals surface area contributed by atoms with Crippen molar-refractivity contribution in [3.63, 3.8) is 0 Å². The van der Waals surface area contributed by atoms with Gasteiger partial charge in [-0.25, -0.2) is 4.68 Å². The van der Waals surface area contributed by atoms with Crippen molar-refractivity contribution in [2.24, 2.45) is 5.73 Å². The first kappa shape index (κ1) is 13.0. The quantitative estimate of drug-likeness (QED) is 0.893. The molecule has 0 aliphatic rings. The topological polar surface area (TPSA) is 86.9 Å². The Morgan fingerprint density at radius 1 is 1.17 bits per heavy atom. The number of nitrogen functional groups attached to an aromatic ring is 1. The summed E-state index contributed by atoms with van der Waals surface area (Å²) in [4.78, 5) is 11.0. The number of aromatic nitrogens is 2. The van der Waals surface area contributed by atoms with Crippen LogP contribution in [0.4, 0.5) is 5.82 Å². The van der Waals surface area contributed by atoms with Crippen molar-refractivity contribution in [1.29, 1.82) is 0 Å². The van der Waals surface area contributed by atoms with Crippen molar-refractivity contribution >= 4 is 46.5 Å². The molecule has 8 heteroatoms. The highest BCUT2D eigenvalue weighted by molar-refractivity contribution is 6.40. The maximum absolute atomic E-state index is 11.0. The van der Waals surface area contributed by atoms with Gasteiger partial charge >= 0.3 is 0 Å². The van der Waals surface area contributed by atoms with E-state index in [0.717, 1.165) is 0 Å². The second-order valence-corrected chi connectivity index (χ2v) is 4.70. The summed E-state index contributed by atoms with van der Waals surface area (Å²) in [6.07, 6.45) is 0. The molecule has 1 aromatic heterocycles. The average Bonchev–Trinajstić information content (AvgIpc) is 2.59. The van der Waals surface area contributed by atoms with Crippen LogP contribution >= 0.6 is 34.8 Å². The largest absolute Gasteiger partial charge is 0.384 e. The number of carbonyl (C=O) groups is 1. The standard InChI is InChI=1S/C10H7Cl3N4O/c11-4-1-5(12)9(6(13)2-4)17-8(14)3-7(16-17)10(15)18/h1-3H,14H2,(H2,15,18). The van der Waals surface area contributed by atoms with E-state index in [1.54, 1.807) is 0 Å². The van der Waals surface area contributed by atoms with Crippen LogP contribution in [0.15, 0.2) is 18.2 Å². The molecular formula is C10H7Cl3N4O. The number of benzene rings is 1. The van der Waals surface area contributed by atoms with Crippen molar-refractivity contribution < 1.29 is 4.79 Å². The van der Waals surface area contributed by atoms with Gasteiger partial charge in [0.25, 0.3) is 5.91 Å². The smallest absolute Gasteiger partial charge is 0.269 e. The number of amides is 1. The summed E-state index contributed by atoms with van der Waals surface area (Å²) < 4.78 is 1.24. The highest BCUT2D eigenvalue weighted by Gasteiger charge is 2.16. The molecule has 0 unspecified atom stereocenters. The third kappa shape index (κ3) is 2.25. The van der Waals surface area contributed by atoms with Crippen LogP contribution in [0.1, 0.15) is 10.5 Å². The Morgan fingerprint density at radius 3 is 2.17 bits per heavy atom. The lowest BCUT2D eigenvalue weighted by molar-refractivity contribution is 0.0995. The van der Waals surface area contributed by atoms with E-state index in [1.165, 1.54) is 22.9 Å². The van der Waals surface area contributed by atoms with Crippen molar-refractivity contribution in [1.82, 2.24) is 9.78 Å². The predicted octanol–water partition coefficient (Wildman–Crippen LogP) is 2.51. The van der Waals surface area contributed by atoms with Crippen molar-refractivity contribution in [2.75, 3.05) is 5.73 Å². The zero-order valence-corrected chi connectivity index (χ0v) is 11.1. The second kappa shape index (κ2) is 4.68. The molecule has 5 nitrogen and oxygen atoms in total. The molecule has 18 heavy (non-hydrogen) atoms. The Kier molecular flexibility index (Phi) is 3.38. The average molecular weight is 306 g/mol. The molecule has 2 rings (SSSR count). The van der Waals surface area contributed by atoms with Gasteiger partial charge in [0, 0.05) is 11.1 Å². The first-order valence-electron chi connectivity index (χ1n) is 4.70. The zero-order valence-electron chi connectivity index (χ0n) is 8.82. The molecule has 0 atom stereocenters. The number of nitrogens with two attached hydrogens (primary N) is 2. The number of halogens is 3. The first-order chi connectivity index (χ1) is 8.40. The van der Waals surface area contributed by atoms with Gasteiger partial charge in [-0.3, -0.25) is 4.79 Å². The van der Waals surface area contributed by atoms with Gasteiger partial charge in [0.1, 0.15) is 11.5 Å². The van der Waals surface area contributed by atoms with E-state index in [4.69, 9.17) is 46.3 Å². The van der Waals surface area contributed by atoms with Gasteiger partial charge in [-0.15, -0.1) is 0 Å². The molecule has 0 spiro atoms. The Labute approximate surface area is 117 Å². The fourth-order valence-corrected chi connectivity index (χ4v) is 2.41. The van der Waals surface area contributed by atoms with Gasteiger partial charge in [0.15, 0.2) is 5.69 Å². The maximum atomic E-state index is 11.0. The molecule has 0 aliphatic carbocycles. The van der Waals surface area contributed by atoms with Crippen LogP contribution in [-0.2, 0) is 0 Å². The maximum Gasteiger partial charge on any atom is 0.269 e. The van der Waals surface area contributed by atoms with Gasteiger partial charge in [0.2, 0.25) is 0 Å². The van der Waals surface area contributed by atoms with Crippen LogP contribution in [0, 0.1) is 0 Å². The minimum Gasteiger partial charge on any atom is -0.384 e. The van der Waals surface area contributed by atoms with Crippen LogP contribution in [-0.4, -0.2) is 15.7 Å². The van der Waals surface area contributed by atoms with Gasteiger partial charge in [-0.05, 0) is 12.1 Å². The number of hydrogen-bond acceptors (Lipinski definition) is 3. The van der Waals surface area contributed by atoms with Gasteiger partial charge in [0.05, 0.1) is 10.0 Å². The Morgan fingerprint density at radius 2 is 1.72 bits per heavy atom. The summed E-state index contributed by atoms with van der Waals surface area (Å²) in [5.41, 5.74) is 11.2. The third-order valence-corrected chi connectivity index (χ3v) is 2.98. The van der Waals surface area contributed by atoms with Crippen LogP contribution in [0.2, 0.25) is 15.1 Å². The Hall–Kier alpha value is -1.43. The molecule has 0 saturated heterocycles. The number of nitrogens with zero attached hydrogens (tertiary/aromatic N) is 2. The number of anilines is 1.